The Kier molecular flexibility index (Phi) is 4.42. The van der Waals surface area contributed by atoms with Crippen LogP contribution in [0.4, 0.5) is 0 Å². The predicted octanol–water partition coefficient (Wildman–Crippen LogP) is 3.78. The van der Waals surface area contributed by atoms with Crippen molar-refractivity contribution in [3.8, 4) is 10.4 Å². The summed E-state index contributed by atoms with van der Waals surface area (Å²) in [6.45, 7) is 0.399. The number of sulfonamides is 1. The highest BCUT2D eigenvalue weighted by Gasteiger charge is 2.28. The Morgan fingerprint density at radius 2 is 1.76 bits per heavy atom. The number of hydrogen-bond acceptors (Lipinski definition) is 3. The van der Waals surface area contributed by atoms with Crippen LogP contribution in [0.25, 0.3) is 10.4 Å². The second kappa shape index (κ2) is 6.30. The van der Waals surface area contributed by atoms with Crippen molar-refractivity contribution in [3.63, 3.8) is 0 Å². The molecule has 1 aliphatic carbocycles. The van der Waals surface area contributed by atoms with Crippen LogP contribution in [-0.2, 0) is 16.6 Å². The molecule has 0 spiro atoms. The summed E-state index contributed by atoms with van der Waals surface area (Å²) in [5.74, 6) is 0. The third kappa shape index (κ3) is 3.54. The first-order chi connectivity index (χ1) is 10.1. The second-order valence-corrected chi connectivity index (χ2v) is 8.62. The second-order valence-electron chi connectivity index (χ2n) is 5.40. The summed E-state index contributed by atoms with van der Waals surface area (Å²) in [5.41, 5.74) is 1.17. The van der Waals surface area contributed by atoms with Crippen LogP contribution in [0.2, 0.25) is 0 Å². The quantitative estimate of drug-likeness (QED) is 0.911. The largest absolute Gasteiger partial charge is 0.214 e. The Hall–Kier alpha value is -1.17. The maximum atomic E-state index is 12.2. The molecule has 1 aliphatic rings. The topological polar surface area (TPSA) is 46.2 Å². The lowest BCUT2D eigenvalue weighted by molar-refractivity contribution is 0.565. The predicted molar refractivity (Wildman–Crippen MR) is 87.8 cm³/mol. The number of nitrogens with one attached hydrogen (secondary N) is 1. The summed E-state index contributed by atoms with van der Waals surface area (Å²) in [4.78, 5) is 2.22. The molecule has 0 aliphatic heterocycles. The fourth-order valence-electron chi connectivity index (χ4n) is 2.72. The third-order valence-electron chi connectivity index (χ3n) is 3.91. The lowest BCUT2D eigenvalue weighted by Gasteiger charge is -2.11. The van der Waals surface area contributed by atoms with Crippen molar-refractivity contribution < 1.29 is 8.42 Å². The summed E-state index contributed by atoms with van der Waals surface area (Å²) in [6.07, 6.45) is 3.66. The number of hydrogen-bond donors (Lipinski definition) is 1. The highest BCUT2D eigenvalue weighted by Crippen LogP contribution is 2.28. The first-order valence-electron chi connectivity index (χ1n) is 7.28. The van der Waals surface area contributed by atoms with Crippen LogP contribution in [0.5, 0.6) is 0 Å². The van der Waals surface area contributed by atoms with E-state index in [1.807, 2.05) is 24.3 Å². The molecule has 0 radical (unpaired) electrons. The summed E-state index contributed by atoms with van der Waals surface area (Å²) in [7, 11) is -3.16. The normalized spacial score (nSPS) is 16.4. The molecule has 0 saturated heterocycles. The molecule has 1 fully saturated rings. The molecule has 0 bridgehead atoms. The van der Waals surface area contributed by atoms with Crippen molar-refractivity contribution in [2.45, 2.75) is 37.5 Å². The smallest absolute Gasteiger partial charge is 0.212 e. The van der Waals surface area contributed by atoms with E-state index in [9.17, 15) is 8.42 Å². The Morgan fingerprint density at radius 1 is 1.05 bits per heavy atom. The molecule has 21 heavy (non-hydrogen) atoms. The monoisotopic (exact) mass is 321 g/mol. The molecule has 1 saturated carbocycles. The highest BCUT2D eigenvalue weighted by molar-refractivity contribution is 7.90. The van der Waals surface area contributed by atoms with Crippen molar-refractivity contribution in [2.24, 2.45) is 0 Å². The molecule has 0 unspecified atom stereocenters. The number of rotatable bonds is 5. The molecule has 3 nitrogen and oxygen atoms in total. The van der Waals surface area contributed by atoms with Gasteiger partial charge in [-0.05, 0) is 30.5 Å². The van der Waals surface area contributed by atoms with E-state index in [-0.39, 0.29) is 5.25 Å². The van der Waals surface area contributed by atoms with Gasteiger partial charge >= 0.3 is 0 Å². The SMILES string of the molecule is O=S(=O)(NCc1ccc(-c2ccccc2)s1)C1CCCC1. The minimum atomic E-state index is -3.16. The Labute approximate surface area is 130 Å². The van der Waals surface area contributed by atoms with Gasteiger partial charge in [-0.3, -0.25) is 0 Å². The van der Waals surface area contributed by atoms with Crippen molar-refractivity contribution >= 4 is 21.4 Å². The molecule has 2 aromatic rings. The maximum absolute atomic E-state index is 12.2. The van der Waals surface area contributed by atoms with E-state index in [1.165, 1.54) is 10.4 Å². The number of benzene rings is 1. The van der Waals surface area contributed by atoms with E-state index >= 15 is 0 Å². The van der Waals surface area contributed by atoms with Crippen molar-refractivity contribution in [3.05, 3.63) is 47.3 Å². The summed E-state index contributed by atoms with van der Waals surface area (Å²) in [5, 5.41) is -0.189. The van der Waals surface area contributed by atoms with Crippen LogP contribution in [0, 0.1) is 0 Å². The van der Waals surface area contributed by atoms with Gasteiger partial charge in [0.05, 0.1) is 5.25 Å². The molecular formula is C16H19NO2S2. The minimum absolute atomic E-state index is 0.189. The van der Waals surface area contributed by atoms with Crippen LogP contribution in [-0.4, -0.2) is 13.7 Å². The molecule has 1 N–H and O–H groups in total. The van der Waals surface area contributed by atoms with Crippen LogP contribution >= 0.6 is 11.3 Å². The first kappa shape index (κ1) is 14.8. The van der Waals surface area contributed by atoms with Gasteiger partial charge in [0.1, 0.15) is 0 Å². The Balaban J connectivity index is 1.65. The zero-order valence-corrected chi connectivity index (χ0v) is 13.4. The molecule has 5 heteroatoms. The van der Waals surface area contributed by atoms with Gasteiger partial charge in [-0.15, -0.1) is 11.3 Å². The van der Waals surface area contributed by atoms with Gasteiger partial charge in [0, 0.05) is 16.3 Å². The summed E-state index contributed by atoms with van der Waals surface area (Å²) < 4.78 is 27.1. The van der Waals surface area contributed by atoms with Crippen molar-refractivity contribution in [1.29, 1.82) is 0 Å². The minimum Gasteiger partial charge on any atom is -0.212 e. The van der Waals surface area contributed by atoms with E-state index in [2.05, 4.69) is 22.9 Å². The summed E-state index contributed by atoms with van der Waals surface area (Å²) >= 11 is 1.64. The fraction of sp³-hybridized carbons (Fsp3) is 0.375. The first-order valence-corrected chi connectivity index (χ1v) is 9.64. The van der Waals surface area contributed by atoms with Gasteiger partial charge in [-0.1, -0.05) is 43.2 Å². The summed E-state index contributed by atoms with van der Waals surface area (Å²) in [6, 6.07) is 14.2. The molecule has 1 aromatic heterocycles. The van der Waals surface area contributed by atoms with E-state index < -0.39 is 10.0 Å². The van der Waals surface area contributed by atoms with Gasteiger partial charge < -0.3 is 0 Å². The standard InChI is InChI=1S/C16H19NO2S2/c18-21(19,15-8-4-5-9-15)17-12-14-10-11-16(20-14)13-6-2-1-3-7-13/h1-3,6-7,10-11,15,17H,4-5,8-9,12H2. The molecule has 0 amide bonds. The van der Waals surface area contributed by atoms with E-state index in [1.54, 1.807) is 11.3 Å². The van der Waals surface area contributed by atoms with Crippen LogP contribution in [0.15, 0.2) is 42.5 Å². The van der Waals surface area contributed by atoms with Crippen molar-refractivity contribution in [2.75, 3.05) is 0 Å². The average Bonchev–Trinajstić information content (AvgIpc) is 3.18. The molecule has 0 atom stereocenters. The maximum Gasteiger partial charge on any atom is 0.214 e. The molecular weight excluding hydrogens is 302 g/mol. The highest BCUT2D eigenvalue weighted by atomic mass is 32.2. The Morgan fingerprint density at radius 3 is 2.48 bits per heavy atom. The lowest BCUT2D eigenvalue weighted by Crippen LogP contribution is -2.31. The zero-order chi connectivity index (χ0) is 14.7. The van der Waals surface area contributed by atoms with Gasteiger partial charge in [0.25, 0.3) is 0 Å². The van der Waals surface area contributed by atoms with Gasteiger partial charge in [0.2, 0.25) is 10.0 Å². The van der Waals surface area contributed by atoms with Crippen LogP contribution < -0.4 is 4.72 Å². The van der Waals surface area contributed by atoms with E-state index in [0.29, 0.717) is 6.54 Å². The zero-order valence-electron chi connectivity index (χ0n) is 11.8. The molecule has 1 aromatic carbocycles. The lowest BCUT2D eigenvalue weighted by atomic mass is 10.2. The average molecular weight is 321 g/mol. The number of thiophene rings is 1. The van der Waals surface area contributed by atoms with Crippen molar-refractivity contribution in [1.82, 2.24) is 4.72 Å². The molecule has 3 rings (SSSR count). The van der Waals surface area contributed by atoms with E-state index in [4.69, 9.17) is 0 Å². The van der Waals surface area contributed by atoms with Gasteiger partial charge in [-0.25, -0.2) is 13.1 Å². The molecule has 1 heterocycles. The third-order valence-corrected chi connectivity index (χ3v) is 6.94. The Bertz CT molecular complexity index is 686. The fourth-order valence-corrected chi connectivity index (χ4v) is 5.31. The van der Waals surface area contributed by atoms with Gasteiger partial charge in [0.15, 0.2) is 0 Å². The van der Waals surface area contributed by atoms with Gasteiger partial charge in [-0.2, -0.15) is 0 Å². The molecule has 112 valence electrons. The van der Waals surface area contributed by atoms with Crippen LogP contribution in [0.3, 0.4) is 0 Å². The van der Waals surface area contributed by atoms with E-state index in [0.717, 1.165) is 30.6 Å². The van der Waals surface area contributed by atoms with Crippen LogP contribution in [0.1, 0.15) is 30.6 Å².